The summed E-state index contributed by atoms with van der Waals surface area (Å²) in [7, 11) is 0. The number of hydrogen-bond acceptors (Lipinski definition) is 6. The van der Waals surface area contributed by atoms with Gasteiger partial charge in [-0.05, 0) is 38.1 Å². The van der Waals surface area contributed by atoms with E-state index in [4.69, 9.17) is 18.9 Å². The summed E-state index contributed by atoms with van der Waals surface area (Å²) in [6, 6.07) is 17.2. The first kappa shape index (κ1) is 19.3. The van der Waals surface area contributed by atoms with E-state index in [0.29, 0.717) is 11.5 Å². The molecule has 0 unspecified atom stereocenters. The molecule has 2 aromatic carbocycles. The first-order chi connectivity index (χ1) is 12.6. The zero-order valence-corrected chi connectivity index (χ0v) is 14.8. The van der Waals surface area contributed by atoms with Gasteiger partial charge < -0.3 is 18.9 Å². The number of ether oxygens (including phenoxy) is 4. The second-order valence-corrected chi connectivity index (χ2v) is 5.29. The Morgan fingerprint density at radius 2 is 1.23 bits per heavy atom. The van der Waals surface area contributed by atoms with Crippen molar-refractivity contribution < 1.29 is 28.5 Å². The topological polar surface area (TPSA) is 71.1 Å². The molecule has 2 aromatic rings. The van der Waals surface area contributed by atoms with E-state index in [-0.39, 0.29) is 13.2 Å². The molecule has 2 rings (SSSR count). The average Bonchev–Trinajstić information content (AvgIpc) is 2.63. The summed E-state index contributed by atoms with van der Waals surface area (Å²) < 4.78 is 21.8. The largest absolute Gasteiger partial charge is 0.466 e. The second-order valence-electron chi connectivity index (χ2n) is 5.29. The van der Waals surface area contributed by atoms with Gasteiger partial charge in [0.05, 0.1) is 13.2 Å². The van der Waals surface area contributed by atoms with Crippen LogP contribution >= 0.6 is 0 Å². The van der Waals surface area contributed by atoms with Crippen molar-refractivity contribution in [2.75, 3.05) is 13.2 Å². The summed E-state index contributed by atoms with van der Waals surface area (Å²) in [5.41, 5.74) is 0. The van der Waals surface area contributed by atoms with E-state index in [1.165, 1.54) is 0 Å². The first-order valence-electron chi connectivity index (χ1n) is 8.40. The summed E-state index contributed by atoms with van der Waals surface area (Å²) in [5.74, 6) is -2.71. The molecule has 0 aliphatic heterocycles. The maximum Gasteiger partial charge on any atom is 0.393 e. The van der Waals surface area contributed by atoms with Gasteiger partial charge >= 0.3 is 17.7 Å². The molecule has 0 amide bonds. The van der Waals surface area contributed by atoms with Crippen molar-refractivity contribution in [1.29, 1.82) is 0 Å². The van der Waals surface area contributed by atoms with Crippen molar-refractivity contribution in [1.82, 2.24) is 0 Å². The summed E-state index contributed by atoms with van der Waals surface area (Å²) in [4.78, 5) is 24.9. The maximum absolute atomic E-state index is 12.7. The van der Waals surface area contributed by atoms with Crippen LogP contribution in [-0.2, 0) is 19.1 Å². The van der Waals surface area contributed by atoms with Crippen LogP contribution in [-0.4, -0.2) is 30.9 Å². The SMILES string of the molecule is CCOC(=O)CC(Oc1ccccc1)(Oc1ccccc1)C(=O)OCC. The van der Waals surface area contributed by atoms with Gasteiger partial charge in [-0.15, -0.1) is 0 Å². The van der Waals surface area contributed by atoms with E-state index in [0.717, 1.165) is 0 Å². The quantitative estimate of drug-likeness (QED) is 0.506. The van der Waals surface area contributed by atoms with Gasteiger partial charge in [-0.25, -0.2) is 4.79 Å². The Balaban J connectivity index is 2.41. The zero-order chi connectivity index (χ0) is 18.8. The normalized spacial score (nSPS) is 10.7. The van der Waals surface area contributed by atoms with Crippen LogP contribution < -0.4 is 9.47 Å². The van der Waals surface area contributed by atoms with Crippen molar-refractivity contribution in [3.63, 3.8) is 0 Å². The highest BCUT2D eigenvalue weighted by molar-refractivity contribution is 5.85. The molecular weight excluding hydrogens is 336 g/mol. The van der Waals surface area contributed by atoms with E-state index >= 15 is 0 Å². The second kappa shape index (κ2) is 9.46. The van der Waals surface area contributed by atoms with Gasteiger partial charge in [0.1, 0.15) is 17.9 Å². The molecule has 0 aliphatic carbocycles. The van der Waals surface area contributed by atoms with E-state index in [1.54, 1.807) is 62.4 Å². The molecule has 0 N–H and O–H groups in total. The fraction of sp³-hybridized carbons (Fsp3) is 0.300. The van der Waals surface area contributed by atoms with E-state index in [2.05, 4.69) is 0 Å². The Hall–Kier alpha value is -3.02. The fourth-order valence-corrected chi connectivity index (χ4v) is 2.25. The van der Waals surface area contributed by atoms with Gasteiger partial charge in [0.15, 0.2) is 0 Å². The standard InChI is InChI=1S/C20H22O6/c1-3-23-18(21)15-20(19(22)24-4-2,25-16-11-7-5-8-12-16)26-17-13-9-6-10-14-17/h5-14H,3-4,15H2,1-2H3. The van der Waals surface area contributed by atoms with Gasteiger partial charge in [0, 0.05) is 0 Å². The molecular formula is C20H22O6. The predicted molar refractivity (Wildman–Crippen MR) is 94.8 cm³/mol. The Bertz CT molecular complexity index is 657. The minimum absolute atomic E-state index is 0.111. The van der Waals surface area contributed by atoms with Crippen LogP contribution in [0.2, 0.25) is 0 Å². The monoisotopic (exact) mass is 358 g/mol. The van der Waals surface area contributed by atoms with E-state index in [9.17, 15) is 9.59 Å². The molecule has 0 aromatic heterocycles. The van der Waals surface area contributed by atoms with Gasteiger partial charge in [-0.3, -0.25) is 4.79 Å². The van der Waals surface area contributed by atoms with Crippen LogP contribution in [0.1, 0.15) is 20.3 Å². The molecule has 6 heteroatoms. The molecule has 0 saturated heterocycles. The number of carbonyl (C=O) groups is 2. The number of para-hydroxylation sites is 2. The van der Waals surface area contributed by atoms with Crippen LogP contribution in [0.15, 0.2) is 60.7 Å². The fourth-order valence-electron chi connectivity index (χ4n) is 2.25. The van der Waals surface area contributed by atoms with Gasteiger partial charge in [0.2, 0.25) is 0 Å². The first-order valence-corrected chi connectivity index (χ1v) is 8.40. The molecule has 0 bridgehead atoms. The number of benzene rings is 2. The highest BCUT2D eigenvalue weighted by Gasteiger charge is 2.48. The molecule has 26 heavy (non-hydrogen) atoms. The van der Waals surface area contributed by atoms with Crippen LogP contribution in [0.3, 0.4) is 0 Å². The van der Waals surface area contributed by atoms with Crippen molar-refractivity contribution in [2.24, 2.45) is 0 Å². The summed E-state index contributed by atoms with van der Waals surface area (Å²) in [6.45, 7) is 3.63. The third-order valence-corrected chi connectivity index (χ3v) is 3.32. The Morgan fingerprint density at radius 3 is 1.65 bits per heavy atom. The molecule has 138 valence electrons. The van der Waals surface area contributed by atoms with Gasteiger partial charge in [-0.1, -0.05) is 36.4 Å². The molecule has 0 radical (unpaired) electrons. The van der Waals surface area contributed by atoms with Crippen molar-refractivity contribution in [2.45, 2.75) is 26.1 Å². The van der Waals surface area contributed by atoms with Crippen molar-refractivity contribution >= 4 is 11.9 Å². The highest BCUT2D eigenvalue weighted by atomic mass is 16.7. The predicted octanol–water partition coefficient (Wildman–Crippen LogP) is 3.36. The minimum Gasteiger partial charge on any atom is -0.466 e. The molecule has 6 nitrogen and oxygen atoms in total. The lowest BCUT2D eigenvalue weighted by atomic mass is 10.1. The van der Waals surface area contributed by atoms with Gasteiger partial charge in [0.25, 0.3) is 0 Å². The Kier molecular flexibility index (Phi) is 7.02. The van der Waals surface area contributed by atoms with Crippen molar-refractivity contribution in [3.8, 4) is 11.5 Å². The molecule has 0 saturated carbocycles. The number of carbonyl (C=O) groups excluding carboxylic acids is 2. The highest BCUT2D eigenvalue weighted by Crippen LogP contribution is 2.28. The van der Waals surface area contributed by atoms with E-state index < -0.39 is 24.1 Å². The van der Waals surface area contributed by atoms with E-state index in [1.807, 2.05) is 12.1 Å². The third kappa shape index (κ3) is 5.24. The summed E-state index contributed by atoms with van der Waals surface area (Å²) in [5, 5.41) is 0. The van der Waals surface area contributed by atoms with Crippen molar-refractivity contribution in [3.05, 3.63) is 60.7 Å². The lowest BCUT2D eigenvalue weighted by Crippen LogP contribution is -2.53. The number of rotatable bonds is 9. The van der Waals surface area contributed by atoms with Crippen LogP contribution in [0.25, 0.3) is 0 Å². The zero-order valence-electron chi connectivity index (χ0n) is 14.8. The molecule has 0 heterocycles. The smallest absolute Gasteiger partial charge is 0.393 e. The Morgan fingerprint density at radius 1 is 0.769 bits per heavy atom. The lowest BCUT2D eigenvalue weighted by Gasteiger charge is -2.31. The van der Waals surface area contributed by atoms with Crippen LogP contribution in [0.4, 0.5) is 0 Å². The minimum atomic E-state index is -2.00. The maximum atomic E-state index is 12.7. The number of hydrogen-bond donors (Lipinski definition) is 0. The molecule has 0 atom stereocenters. The average molecular weight is 358 g/mol. The third-order valence-electron chi connectivity index (χ3n) is 3.32. The van der Waals surface area contributed by atoms with Gasteiger partial charge in [-0.2, -0.15) is 0 Å². The summed E-state index contributed by atoms with van der Waals surface area (Å²) in [6.07, 6.45) is -0.455. The van der Waals surface area contributed by atoms with Crippen LogP contribution in [0, 0.1) is 0 Å². The summed E-state index contributed by atoms with van der Waals surface area (Å²) >= 11 is 0. The molecule has 0 aliphatic rings. The lowest BCUT2D eigenvalue weighted by molar-refractivity contribution is -0.198. The van der Waals surface area contributed by atoms with Crippen LogP contribution in [0.5, 0.6) is 11.5 Å². The molecule has 0 fully saturated rings. The molecule has 0 spiro atoms. The Labute approximate surface area is 152 Å². The number of esters is 2.